The highest BCUT2D eigenvalue weighted by Gasteiger charge is 2.54. The monoisotopic (exact) mass is 438 g/mol. The molecule has 2 saturated carbocycles. The highest BCUT2D eigenvalue weighted by Crippen LogP contribution is 2.59. The van der Waals surface area contributed by atoms with E-state index >= 15 is 0 Å². The summed E-state index contributed by atoms with van der Waals surface area (Å²) in [7, 11) is -1.75. The molecule has 0 aromatic rings. The van der Waals surface area contributed by atoms with E-state index in [9.17, 15) is 4.79 Å². The van der Waals surface area contributed by atoms with Crippen LogP contribution in [0.15, 0.2) is 0 Å². The smallest absolute Gasteiger partial charge is 0.306 e. The van der Waals surface area contributed by atoms with Crippen molar-refractivity contribution < 1.29 is 14.0 Å². The molecular weight excluding hydrogens is 388 g/mol. The van der Waals surface area contributed by atoms with Crippen LogP contribution in [0.4, 0.5) is 0 Å². The lowest BCUT2D eigenvalue weighted by Gasteiger charge is -2.50. The largest absolute Gasteiger partial charge is 0.462 e. The highest BCUT2D eigenvalue weighted by molar-refractivity contribution is 6.74. The summed E-state index contributed by atoms with van der Waals surface area (Å²) in [5, 5.41) is 0.265. The van der Waals surface area contributed by atoms with Gasteiger partial charge >= 0.3 is 5.97 Å². The molecule has 0 heterocycles. The molecule has 0 amide bonds. The van der Waals surface area contributed by atoms with Gasteiger partial charge in [0.15, 0.2) is 8.32 Å². The van der Waals surface area contributed by atoms with E-state index in [2.05, 4.69) is 61.6 Å². The lowest BCUT2D eigenvalue weighted by molar-refractivity contribution is -0.150. The molecule has 176 valence electrons. The molecule has 4 heteroatoms. The third-order valence-electron chi connectivity index (χ3n) is 9.09. The minimum atomic E-state index is -1.75. The van der Waals surface area contributed by atoms with Crippen molar-refractivity contribution in [1.29, 1.82) is 0 Å². The second-order valence-corrected chi connectivity index (χ2v) is 16.8. The number of esters is 1. The van der Waals surface area contributed by atoms with Crippen LogP contribution in [0.3, 0.4) is 0 Å². The van der Waals surface area contributed by atoms with E-state index in [1.54, 1.807) is 0 Å². The maximum atomic E-state index is 12.3. The Morgan fingerprint density at radius 2 is 1.77 bits per heavy atom. The Balaban J connectivity index is 1.99. The summed E-state index contributed by atoms with van der Waals surface area (Å²) in [5.41, 5.74) is 0.365. The van der Waals surface area contributed by atoms with Crippen molar-refractivity contribution in [3.63, 3.8) is 0 Å². The summed E-state index contributed by atoms with van der Waals surface area (Å²) in [4.78, 5) is 12.3. The molecule has 2 fully saturated rings. The molecule has 0 N–H and O–H groups in total. The summed E-state index contributed by atoms with van der Waals surface area (Å²) < 4.78 is 12.6. The van der Waals surface area contributed by atoms with E-state index in [0.717, 1.165) is 19.3 Å². The summed E-state index contributed by atoms with van der Waals surface area (Å²) in [5.74, 6) is 1.96. The molecule has 0 aromatic heterocycles. The van der Waals surface area contributed by atoms with Crippen LogP contribution >= 0.6 is 0 Å². The zero-order valence-electron chi connectivity index (χ0n) is 21.5. The Labute approximate surface area is 188 Å². The maximum absolute atomic E-state index is 12.3. The molecule has 0 bridgehead atoms. The maximum Gasteiger partial charge on any atom is 0.306 e. The van der Waals surface area contributed by atoms with E-state index in [4.69, 9.17) is 9.16 Å². The van der Waals surface area contributed by atoms with Gasteiger partial charge in [-0.3, -0.25) is 4.79 Å². The van der Waals surface area contributed by atoms with Gasteiger partial charge in [-0.2, -0.15) is 0 Å². The van der Waals surface area contributed by atoms with Crippen LogP contribution < -0.4 is 0 Å². The molecule has 0 unspecified atom stereocenters. The van der Waals surface area contributed by atoms with Crippen molar-refractivity contribution in [3.05, 3.63) is 0 Å². The van der Waals surface area contributed by atoms with Crippen LogP contribution in [0.5, 0.6) is 0 Å². The molecule has 0 radical (unpaired) electrons. The van der Waals surface area contributed by atoms with Gasteiger partial charge in [-0.05, 0) is 86.2 Å². The van der Waals surface area contributed by atoms with Crippen LogP contribution in [0, 0.1) is 23.2 Å². The molecule has 30 heavy (non-hydrogen) atoms. The van der Waals surface area contributed by atoms with Gasteiger partial charge in [0.1, 0.15) is 6.10 Å². The first-order chi connectivity index (χ1) is 13.9. The van der Waals surface area contributed by atoms with Crippen LogP contribution in [0.25, 0.3) is 0 Å². The number of ether oxygens (including phenoxy) is 1. The fourth-order valence-corrected chi connectivity index (χ4v) is 7.43. The Morgan fingerprint density at radius 1 is 1.13 bits per heavy atom. The zero-order chi connectivity index (χ0) is 22.7. The number of carbonyl (C=O) groups excluding carboxylic acids is 1. The van der Waals surface area contributed by atoms with Gasteiger partial charge in [0.2, 0.25) is 0 Å². The first-order valence-electron chi connectivity index (χ1n) is 12.7. The summed E-state index contributed by atoms with van der Waals surface area (Å²) in [6.45, 7) is 20.9. The first-order valence-corrected chi connectivity index (χ1v) is 15.6. The van der Waals surface area contributed by atoms with Crippen molar-refractivity contribution in [1.82, 2.24) is 0 Å². The van der Waals surface area contributed by atoms with Crippen LogP contribution in [0.2, 0.25) is 18.1 Å². The predicted molar refractivity (Wildman–Crippen MR) is 129 cm³/mol. The van der Waals surface area contributed by atoms with E-state index in [0.29, 0.717) is 35.7 Å². The van der Waals surface area contributed by atoms with Gasteiger partial charge in [0, 0.05) is 12.5 Å². The number of hydrogen-bond acceptors (Lipinski definition) is 3. The molecule has 0 saturated heterocycles. The van der Waals surface area contributed by atoms with Gasteiger partial charge in [-0.25, -0.2) is 0 Å². The molecule has 5 atom stereocenters. The molecule has 2 rings (SSSR count). The lowest BCUT2D eigenvalue weighted by atomic mass is 9.61. The molecule has 0 spiro atoms. The minimum absolute atomic E-state index is 0.00182. The minimum Gasteiger partial charge on any atom is -0.462 e. The molecule has 3 nitrogen and oxygen atoms in total. The van der Waals surface area contributed by atoms with E-state index in [-0.39, 0.29) is 17.1 Å². The topological polar surface area (TPSA) is 35.5 Å². The van der Waals surface area contributed by atoms with Gasteiger partial charge < -0.3 is 9.16 Å². The van der Waals surface area contributed by atoms with E-state index < -0.39 is 8.32 Å². The molecular formula is C26H50O3Si. The Hall–Kier alpha value is -0.353. The number of fused-ring (bicyclic) bond motifs is 1. The summed E-state index contributed by atoms with van der Waals surface area (Å²) in [6.07, 6.45) is 10.3. The third kappa shape index (κ3) is 5.71. The van der Waals surface area contributed by atoms with Crippen molar-refractivity contribution in [2.24, 2.45) is 23.2 Å². The first kappa shape index (κ1) is 25.9. The number of hydrogen-bond donors (Lipinski definition) is 0. The van der Waals surface area contributed by atoms with Crippen molar-refractivity contribution in [2.45, 2.75) is 137 Å². The van der Waals surface area contributed by atoms with Crippen LogP contribution in [-0.2, 0) is 14.0 Å². The normalized spacial score (nSPS) is 30.9. The fourth-order valence-electron chi connectivity index (χ4n) is 6.04. The average molecular weight is 439 g/mol. The SMILES string of the molecule is CCC(CC)OC(=O)CC[C@@H](C)[C@H]1CC[C@H]2[C@@H](O[Si](C)(C)C(C)(C)C)CCC[C@]12C. The third-order valence-corrected chi connectivity index (χ3v) is 13.6. The number of carbonyl (C=O) groups is 1. The second kappa shape index (κ2) is 10.1. The van der Waals surface area contributed by atoms with Gasteiger partial charge in [0.05, 0.1) is 0 Å². The Kier molecular flexibility index (Phi) is 8.69. The zero-order valence-corrected chi connectivity index (χ0v) is 22.5. The standard InChI is InChI=1S/C26H50O3Si/c1-10-20(11-2)28-24(27)17-14-19(3)21-15-16-22-23(13-12-18-26(21,22)7)29-30(8,9)25(4,5)6/h19-23H,10-18H2,1-9H3/t19-,21-,22+,23+,26-/m1/s1. The fraction of sp³-hybridized carbons (Fsp3) is 0.962. The number of rotatable bonds is 9. The molecule has 0 aliphatic heterocycles. The van der Waals surface area contributed by atoms with Gasteiger partial charge in [0.25, 0.3) is 0 Å². The second-order valence-electron chi connectivity index (χ2n) is 12.0. The van der Waals surface area contributed by atoms with Crippen molar-refractivity contribution >= 4 is 14.3 Å². The van der Waals surface area contributed by atoms with Crippen LogP contribution in [-0.4, -0.2) is 26.5 Å². The molecule has 2 aliphatic rings. The van der Waals surface area contributed by atoms with Crippen molar-refractivity contribution in [2.75, 3.05) is 0 Å². The van der Waals surface area contributed by atoms with Crippen molar-refractivity contribution in [3.8, 4) is 0 Å². The van der Waals surface area contributed by atoms with Crippen LogP contribution in [0.1, 0.15) is 106 Å². The van der Waals surface area contributed by atoms with E-state index in [1.807, 2.05) is 0 Å². The lowest BCUT2D eigenvalue weighted by Crippen LogP contribution is -2.50. The molecule has 2 aliphatic carbocycles. The Morgan fingerprint density at radius 3 is 2.33 bits per heavy atom. The summed E-state index contributed by atoms with van der Waals surface area (Å²) in [6, 6.07) is 0. The Bertz CT molecular complexity index is 563. The van der Waals surface area contributed by atoms with Gasteiger partial charge in [-0.1, -0.05) is 54.9 Å². The molecule has 0 aromatic carbocycles. The average Bonchev–Trinajstić information content (AvgIpc) is 3.01. The summed E-state index contributed by atoms with van der Waals surface area (Å²) >= 11 is 0. The van der Waals surface area contributed by atoms with E-state index in [1.165, 1.54) is 32.1 Å². The highest BCUT2D eigenvalue weighted by atomic mass is 28.4. The predicted octanol–water partition coefficient (Wildman–Crippen LogP) is 7.74. The van der Waals surface area contributed by atoms with Gasteiger partial charge in [-0.15, -0.1) is 0 Å². The quantitative estimate of drug-likeness (QED) is 0.273.